The highest BCUT2D eigenvalue weighted by atomic mass is 32.1. The van der Waals surface area contributed by atoms with Gasteiger partial charge >= 0.3 is 6.09 Å². The van der Waals surface area contributed by atoms with E-state index in [2.05, 4.69) is 28.9 Å². The Balaban J connectivity index is 1.46. The Hall–Kier alpha value is -2.33. The number of aryl methyl sites for hydroxylation is 1. The lowest BCUT2D eigenvalue weighted by atomic mass is 9.71. The molecule has 29 heavy (non-hydrogen) atoms. The van der Waals surface area contributed by atoms with E-state index in [9.17, 15) is 10.1 Å². The fourth-order valence-corrected chi connectivity index (χ4v) is 5.29. The van der Waals surface area contributed by atoms with Crippen molar-refractivity contribution >= 4 is 33.3 Å². The van der Waals surface area contributed by atoms with E-state index in [0.717, 1.165) is 61.3 Å². The average Bonchev–Trinajstić information content (AvgIpc) is 3.07. The first kappa shape index (κ1) is 20.0. The zero-order chi connectivity index (χ0) is 20.8. The predicted molar refractivity (Wildman–Crippen MR) is 115 cm³/mol. The third kappa shape index (κ3) is 3.78. The average molecular weight is 413 g/mol. The van der Waals surface area contributed by atoms with Crippen LogP contribution in [0.5, 0.6) is 0 Å². The van der Waals surface area contributed by atoms with Gasteiger partial charge in [-0.05, 0) is 46.1 Å². The van der Waals surface area contributed by atoms with Gasteiger partial charge in [-0.25, -0.2) is 9.78 Å². The van der Waals surface area contributed by atoms with E-state index >= 15 is 0 Å². The molecule has 2 aromatic heterocycles. The van der Waals surface area contributed by atoms with E-state index in [0.29, 0.717) is 5.56 Å². The fraction of sp³-hybridized carbons (Fsp3) is 0.591. The van der Waals surface area contributed by atoms with Gasteiger partial charge in [0.15, 0.2) is 0 Å². The van der Waals surface area contributed by atoms with E-state index in [1.807, 2.05) is 25.7 Å². The van der Waals surface area contributed by atoms with Crippen LogP contribution in [0.4, 0.5) is 10.5 Å². The normalized spacial score (nSPS) is 18.6. The number of amides is 1. The number of nitrogens with zero attached hydrogens (tertiary/aromatic N) is 4. The smallest absolute Gasteiger partial charge is 0.410 e. The van der Waals surface area contributed by atoms with Crippen LogP contribution in [0, 0.1) is 16.7 Å². The summed E-state index contributed by atoms with van der Waals surface area (Å²) in [5.74, 6) is 0. The van der Waals surface area contributed by atoms with E-state index in [1.54, 1.807) is 17.5 Å². The van der Waals surface area contributed by atoms with Crippen molar-refractivity contribution in [3.8, 4) is 6.07 Å². The Morgan fingerprint density at radius 2 is 2.03 bits per heavy atom. The Labute approximate surface area is 176 Å². The van der Waals surface area contributed by atoms with Crippen molar-refractivity contribution < 1.29 is 9.53 Å². The summed E-state index contributed by atoms with van der Waals surface area (Å²) >= 11 is 1.71. The van der Waals surface area contributed by atoms with Crippen LogP contribution in [0.15, 0.2) is 12.3 Å². The molecule has 0 radical (unpaired) electrons. The van der Waals surface area contributed by atoms with Crippen molar-refractivity contribution in [3.63, 3.8) is 0 Å². The van der Waals surface area contributed by atoms with Crippen molar-refractivity contribution in [1.29, 1.82) is 5.26 Å². The molecular formula is C22H28N4O2S. The molecule has 7 heteroatoms. The molecule has 0 saturated carbocycles. The first-order valence-corrected chi connectivity index (χ1v) is 11.1. The number of fused-ring (bicyclic) bond motifs is 1. The Kier molecular flexibility index (Phi) is 4.94. The fourth-order valence-electron chi connectivity index (χ4n) is 4.35. The maximum atomic E-state index is 12.3. The van der Waals surface area contributed by atoms with Gasteiger partial charge in [0.2, 0.25) is 0 Å². The topological polar surface area (TPSA) is 69.5 Å². The molecule has 1 spiro atoms. The summed E-state index contributed by atoms with van der Waals surface area (Å²) in [7, 11) is 0. The number of aromatic nitrogens is 1. The van der Waals surface area contributed by atoms with Crippen molar-refractivity contribution in [2.75, 3.05) is 31.1 Å². The molecule has 4 heterocycles. The molecule has 0 aliphatic carbocycles. The van der Waals surface area contributed by atoms with Gasteiger partial charge in [-0.15, -0.1) is 11.3 Å². The molecule has 4 rings (SSSR count). The van der Waals surface area contributed by atoms with Gasteiger partial charge in [0.25, 0.3) is 0 Å². The number of likely N-dealkylation sites (tertiary alicyclic amines) is 1. The number of carbonyl (C=O) groups excluding carboxylic acids is 1. The van der Waals surface area contributed by atoms with Crippen LogP contribution in [0.1, 0.15) is 51.0 Å². The van der Waals surface area contributed by atoms with Gasteiger partial charge in [0.1, 0.15) is 16.5 Å². The van der Waals surface area contributed by atoms with Crippen LogP contribution in [-0.2, 0) is 11.2 Å². The standard InChI is InChI=1S/C22H28N4O2S/c1-5-16-10-17-18(15(11-23)12-24-19(17)29-16)26-13-22(14-26)6-8-25(9-7-22)20(27)28-21(2,3)4/h10,12H,5-9,13-14H2,1-4H3. The molecule has 0 bridgehead atoms. The second kappa shape index (κ2) is 7.17. The largest absolute Gasteiger partial charge is 0.444 e. The second-order valence-electron chi connectivity index (χ2n) is 9.24. The minimum atomic E-state index is -0.461. The molecule has 6 nitrogen and oxygen atoms in total. The molecule has 2 aromatic rings. The molecular weight excluding hydrogens is 384 g/mol. The van der Waals surface area contributed by atoms with Crippen molar-refractivity contribution in [2.45, 2.75) is 52.6 Å². The lowest BCUT2D eigenvalue weighted by molar-refractivity contribution is 0.00601. The quantitative estimate of drug-likeness (QED) is 0.723. The van der Waals surface area contributed by atoms with E-state index < -0.39 is 5.60 Å². The molecule has 0 atom stereocenters. The van der Waals surface area contributed by atoms with Crippen LogP contribution in [0.3, 0.4) is 0 Å². The Bertz CT molecular complexity index is 969. The van der Waals surface area contributed by atoms with Crippen LogP contribution in [0.2, 0.25) is 0 Å². The highest BCUT2D eigenvalue weighted by Gasteiger charge is 2.47. The second-order valence-corrected chi connectivity index (χ2v) is 10.4. The zero-order valence-electron chi connectivity index (χ0n) is 17.6. The number of ether oxygens (including phenoxy) is 1. The summed E-state index contributed by atoms with van der Waals surface area (Å²) in [5, 5.41) is 10.7. The summed E-state index contributed by atoms with van der Waals surface area (Å²) in [4.78, 5) is 23.3. The third-order valence-corrected chi connectivity index (χ3v) is 7.09. The Morgan fingerprint density at radius 1 is 1.34 bits per heavy atom. The van der Waals surface area contributed by atoms with Crippen LogP contribution < -0.4 is 4.90 Å². The Morgan fingerprint density at radius 3 is 2.62 bits per heavy atom. The number of piperidine rings is 1. The number of anilines is 1. The SMILES string of the molecule is CCc1cc2c(N3CC4(CCN(C(=O)OC(C)(C)C)CC4)C3)c(C#N)cnc2s1. The van der Waals surface area contributed by atoms with Crippen molar-refractivity contribution in [3.05, 3.63) is 22.7 Å². The predicted octanol–water partition coefficient (Wildman–Crippen LogP) is 4.57. The van der Waals surface area contributed by atoms with Gasteiger partial charge in [-0.2, -0.15) is 5.26 Å². The van der Waals surface area contributed by atoms with Crippen LogP contribution in [-0.4, -0.2) is 47.8 Å². The summed E-state index contributed by atoms with van der Waals surface area (Å²) < 4.78 is 5.51. The maximum Gasteiger partial charge on any atom is 0.410 e. The van der Waals surface area contributed by atoms with Crippen LogP contribution in [0.25, 0.3) is 10.2 Å². The van der Waals surface area contributed by atoms with Gasteiger partial charge in [-0.3, -0.25) is 0 Å². The number of carbonyl (C=O) groups is 1. The van der Waals surface area contributed by atoms with Gasteiger partial charge in [0.05, 0.1) is 11.3 Å². The molecule has 154 valence electrons. The summed E-state index contributed by atoms with van der Waals surface area (Å²) in [6.07, 6.45) is 4.43. The first-order valence-electron chi connectivity index (χ1n) is 10.3. The third-order valence-electron chi connectivity index (χ3n) is 5.90. The molecule has 0 unspecified atom stereocenters. The van der Waals surface area contributed by atoms with Crippen molar-refractivity contribution in [1.82, 2.24) is 9.88 Å². The minimum absolute atomic E-state index is 0.212. The first-order chi connectivity index (χ1) is 13.7. The molecule has 2 saturated heterocycles. The van der Waals surface area contributed by atoms with E-state index in [1.165, 1.54) is 4.88 Å². The van der Waals surface area contributed by atoms with Gasteiger partial charge in [-0.1, -0.05) is 6.92 Å². The number of thiophene rings is 1. The number of hydrogen-bond donors (Lipinski definition) is 0. The van der Waals surface area contributed by atoms with Gasteiger partial charge in [0, 0.05) is 48.1 Å². The van der Waals surface area contributed by atoms with Gasteiger partial charge < -0.3 is 14.5 Å². The summed E-state index contributed by atoms with van der Waals surface area (Å²) in [6, 6.07) is 4.52. The zero-order valence-corrected chi connectivity index (χ0v) is 18.4. The molecule has 2 aliphatic heterocycles. The lowest BCUT2D eigenvalue weighted by Crippen LogP contribution is -2.61. The lowest BCUT2D eigenvalue weighted by Gasteiger charge is -2.55. The molecule has 2 fully saturated rings. The van der Waals surface area contributed by atoms with E-state index in [4.69, 9.17) is 4.74 Å². The number of nitriles is 1. The van der Waals surface area contributed by atoms with Crippen LogP contribution >= 0.6 is 11.3 Å². The van der Waals surface area contributed by atoms with Crippen molar-refractivity contribution in [2.24, 2.45) is 5.41 Å². The highest BCUT2D eigenvalue weighted by Crippen LogP contribution is 2.46. The number of hydrogen-bond acceptors (Lipinski definition) is 6. The number of pyridine rings is 1. The molecule has 0 N–H and O–H groups in total. The summed E-state index contributed by atoms with van der Waals surface area (Å²) in [6.45, 7) is 11.2. The van der Waals surface area contributed by atoms with E-state index in [-0.39, 0.29) is 11.5 Å². The highest BCUT2D eigenvalue weighted by molar-refractivity contribution is 7.18. The summed E-state index contributed by atoms with van der Waals surface area (Å²) in [5.41, 5.74) is 1.45. The molecule has 1 amide bonds. The molecule has 2 aliphatic rings. The monoisotopic (exact) mass is 412 g/mol. The minimum Gasteiger partial charge on any atom is -0.444 e. The molecule has 0 aromatic carbocycles. The maximum absolute atomic E-state index is 12.3. The number of rotatable bonds is 2.